The fourth-order valence-corrected chi connectivity index (χ4v) is 4.10. The molecule has 0 bridgehead atoms. The van der Waals surface area contributed by atoms with Gasteiger partial charge >= 0.3 is 0 Å². The van der Waals surface area contributed by atoms with Crippen LogP contribution in [-0.2, 0) is 9.59 Å². The van der Waals surface area contributed by atoms with Crippen molar-refractivity contribution in [3.63, 3.8) is 0 Å². The van der Waals surface area contributed by atoms with Crippen molar-refractivity contribution in [3.8, 4) is 0 Å². The van der Waals surface area contributed by atoms with Gasteiger partial charge in [-0.2, -0.15) is 0 Å². The highest BCUT2D eigenvalue weighted by Crippen LogP contribution is 2.34. The predicted octanol–water partition coefficient (Wildman–Crippen LogP) is 3.26. The Bertz CT molecular complexity index is 416. The van der Waals surface area contributed by atoms with Crippen molar-refractivity contribution in [1.29, 1.82) is 0 Å². The van der Waals surface area contributed by atoms with Crippen molar-refractivity contribution < 1.29 is 9.59 Å². The minimum Gasteiger partial charge on any atom is -0.355 e. The molecular weight excluding hydrogens is 300 g/mol. The molecule has 0 aromatic carbocycles. The van der Waals surface area contributed by atoms with Gasteiger partial charge in [0.15, 0.2) is 0 Å². The third-order valence-electron chi connectivity index (χ3n) is 6.09. The summed E-state index contributed by atoms with van der Waals surface area (Å²) in [6, 6.07) is 0. The Kier molecular flexibility index (Phi) is 7.73. The fraction of sp³-hybridized carbons (Fsp3) is 0.900. The van der Waals surface area contributed by atoms with Crippen molar-refractivity contribution in [2.24, 2.45) is 23.7 Å². The second kappa shape index (κ2) is 9.55. The molecule has 0 radical (unpaired) electrons. The molecule has 1 aliphatic carbocycles. The van der Waals surface area contributed by atoms with Crippen LogP contribution in [0.25, 0.3) is 0 Å². The van der Waals surface area contributed by atoms with Gasteiger partial charge in [-0.05, 0) is 44.7 Å². The Morgan fingerprint density at radius 2 is 1.58 bits per heavy atom. The van der Waals surface area contributed by atoms with E-state index in [2.05, 4.69) is 24.1 Å². The average molecular weight is 337 g/mol. The molecule has 2 fully saturated rings. The largest absolute Gasteiger partial charge is 0.355 e. The average Bonchev–Trinajstić information content (AvgIpc) is 2.61. The summed E-state index contributed by atoms with van der Waals surface area (Å²) < 4.78 is 0. The molecule has 4 heteroatoms. The van der Waals surface area contributed by atoms with Gasteiger partial charge in [0, 0.05) is 30.8 Å². The van der Waals surface area contributed by atoms with Gasteiger partial charge < -0.3 is 10.2 Å². The number of hydrogen-bond acceptors (Lipinski definition) is 3. The number of likely N-dealkylation sites (tertiary alicyclic amines) is 1. The Hall–Kier alpha value is -0.900. The highest BCUT2D eigenvalue weighted by molar-refractivity contribution is 5.90. The van der Waals surface area contributed by atoms with Crippen LogP contribution in [0.1, 0.15) is 65.7 Å². The second-order valence-corrected chi connectivity index (χ2v) is 8.13. The lowest BCUT2D eigenvalue weighted by Crippen LogP contribution is -2.44. The lowest BCUT2D eigenvalue weighted by atomic mass is 9.72. The van der Waals surface area contributed by atoms with E-state index in [1.165, 1.54) is 19.3 Å². The van der Waals surface area contributed by atoms with E-state index in [4.69, 9.17) is 0 Å². The Morgan fingerprint density at radius 3 is 2.21 bits per heavy atom. The van der Waals surface area contributed by atoms with Crippen molar-refractivity contribution in [2.45, 2.75) is 65.7 Å². The number of rotatable bonds is 7. The highest BCUT2D eigenvalue weighted by Gasteiger charge is 2.37. The van der Waals surface area contributed by atoms with Gasteiger partial charge in [-0.1, -0.05) is 40.0 Å². The summed E-state index contributed by atoms with van der Waals surface area (Å²) in [4.78, 5) is 27.9. The quantitative estimate of drug-likeness (QED) is 0.776. The summed E-state index contributed by atoms with van der Waals surface area (Å²) in [5, 5.41) is 3.12. The minimum atomic E-state index is -0.103. The number of Topliss-reactive ketones (excluding diaryl/α,β-unsaturated/α-hetero) is 1. The summed E-state index contributed by atoms with van der Waals surface area (Å²) in [7, 11) is 0. The monoisotopic (exact) mass is 336 g/mol. The molecule has 1 saturated carbocycles. The van der Waals surface area contributed by atoms with Crippen LogP contribution in [-0.4, -0.2) is 42.8 Å². The fourth-order valence-electron chi connectivity index (χ4n) is 4.10. The molecular formula is C20H36N2O2. The normalized spacial score (nSPS) is 27.0. The minimum absolute atomic E-state index is 0.0525. The van der Waals surface area contributed by atoms with Crippen molar-refractivity contribution in [1.82, 2.24) is 10.2 Å². The molecule has 2 aliphatic rings. The zero-order valence-electron chi connectivity index (χ0n) is 15.9. The van der Waals surface area contributed by atoms with Crippen LogP contribution in [0.4, 0.5) is 0 Å². The van der Waals surface area contributed by atoms with Crippen LogP contribution in [0.15, 0.2) is 0 Å². The molecule has 2 rings (SSSR count). The SMILES string of the molecule is CC(C)[C@H](C)C(=O)[C@@H]1CCCC[C@@H]1C(=O)NCCN1CCCCC1. The molecule has 1 saturated heterocycles. The topological polar surface area (TPSA) is 49.4 Å². The summed E-state index contributed by atoms with van der Waals surface area (Å²) >= 11 is 0. The smallest absolute Gasteiger partial charge is 0.223 e. The van der Waals surface area contributed by atoms with E-state index in [1.807, 2.05) is 6.92 Å². The van der Waals surface area contributed by atoms with E-state index in [1.54, 1.807) is 0 Å². The number of carbonyl (C=O) groups excluding carboxylic acids is 2. The first-order valence-corrected chi connectivity index (χ1v) is 10.0. The molecule has 0 spiro atoms. The molecule has 1 aliphatic heterocycles. The maximum Gasteiger partial charge on any atom is 0.223 e. The van der Waals surface area contributed by atoms with Crippen LogP contribution in [0.3, 0.4) is 0 Å². The number of hydrogen-bond donors (Lipinski definition) is 1. The van der Waals surface area contributed by atoms with Gasteiger partial charge in [0.1, 0.15) is 5.78 Å². The van der Waals surface area contributed by atoms with E-state index in [0.29, 0.717) is 11.7 Å². The van der Waals surface area contributed by atoms with Crippen LogP contribution in [0.2, 0.25) is 0 Å². The van der Waals surface area contributed by atoms with Crippen LogP contribution in [0.5, 0.6) is 0 Å². The number of ketones is 1. The lowest BCUT2D eigenvalue weighted by molar-refractivity contribution is -0.138. The van der Waals surface area contributed by atoms with Gasteiger partial charge in [0.25, 0.3) is 0 Å². The van der Waals surface area contributed by atoms with Crippen LogP contribution >= 0.6 is 0 Å². The van der Waals surface area contributed by atoms with Gasteiger partial charge in [-0.15, -0.1) is 0 Å². The maximum absolute atomic E-state index is 12.8. The van der Waals surface area contributed by atoms with Gasteiger partial charge in [0.2, 0.25) is 5.91 Å². The molecule has 0 unspecified atom stereocenters. The molecule has 1 heterocycles. The molecule has 0 aromatic rings. The summed E-state index contributed by atoms with van der Waals surface area (Å²) in [5.74, 6) is 0.654. The van der Waals surface area contributed by atoms with E-state index in [0.717, 1.165) is 51.9 Å². The Labute approximate surface area is 147 Å². The summed E-state index contributed by atoms with van der Waals surface area (Å²) in [6.45, 7) is 10.2. The number of nitrogens with zero attached hydrogens (tertiary/aromatic N) is 1. The van der Waals surface area contributed by atoms with Crippen molar-refractivity contribution >= 4 is 11.7 Å². The Balaban J connectivity index is 1.84. The highest BCUT2D eigenvalue weighted by atomic mass is 16.2. The first-order chi connectivity index (χ1) is 11.5. The number of piperidine rings is 1. The third kappa shape index (κ3) is 5.30. The van der Waals surface area contributed by atoms with Crippen molar-refractivity contribution in [3.05, 3.63) is 0 Å². The van der Waals surface area contributed by atoms with E-state index in [-0.39, 0.29) is 23.7 Å². The standard InChI is InChI=1S/C20H36N2O2/c1-15(2)16(3)19(23)17-9-5-6-10-18(17)20(24)21-11-14-22-12-7-4-8-13-22/h15-18H,4-14H2,1-3H3,(H,21,24)/t16-,17+,18-/m0/s1. The molecule has 0 aromatic heterocycles. The molecule has 138 valence electrons. The molecule has 1 N–H and O–H groups in total. The number of nitrogens with one attached hydrogen (secondary N) is 1. The van der Waals surface area contributed by atoms with Crippen molar-refractivity contribution in [2.75, 3.05) is 26.2 Å². The van der Waals surface area contributed by atoms with E-state index < -0.39 is 0 Å². The number of amides is 1. The van der Waals surface area contributed by atoms with Gasteiger partial charge in [-0.3, -0.25) is 9.59 Å². The zero-order valence-corrected chi connectivity index (χ0v) is 15.9. The number of carbonyl (C=O) groups is 2. The van der Waals surface area contributed by atoms with Crippen LogP contribution < -0.4 is 5.32 Å². The first kappa shape index (κ1) is 19.4. The van der Waals surface area contributed by atoms with E-state index >= 15 is 0 Å². The summed E-state index contributed by atoms with van der Waals surface area (Å²) in [6.07, 6.45) is 7.81. The Morgan fingerprint density at radius 1 is 0.958 bits per heavy atom. The molecule has 4 nitrogen and oxygen atoms in total. The molecule has 1 amide bonds. The third-order valence-corrected chi connectivity index (χ3v) is 6.09. The lowest BCUT2D eigenvalue weighted by Gasteiger charge is -2.32. The molecule has 3 atom stereocenters. The summed E-state index contributed by atoms with van der Waals surface area (Å²) in [5.41, 5.74) is 0. The van der Waals surface area contributed by atoms with Gasteiger partial charge in [0.05, 0.1) is 0 Å². The maximum atomic E-state index is 12.8. The zero-order chi connectivity index (χ0) is 17.5. The first-order valence-electron chi connectivity index (χ1n) is 10.0. The molecule has 24 heavy (non-hydrogen) atoms. The van der Waals surface area contributed by atoms with Gasteiger partial charge in [-0.25, -0.2) is 0 Å². The van der Waals surface area contributed by atoms with Crippen LogP contribution in [0, 0.1) is 23.7 Å². The van der Waals surface area contributed by atoms with E-state index in [9.17, 15) is 9.59 Å². The predicted molar refractivity (Wildman–Crippen MR) is 97.8 cm³/mol. The second-order valence-electron chi connectivity index (χ2n) is 8.13.